The van der Waals surface area contributed by atoms with Crippen LogP contribution in [0, 0.1) is 0 Å². The van der Waals surface area contributed by atoms with Gasteiger partial charge in [0.25, 0.3) is 0 Å². The molecule has 0 saturated heterocycles. The lowest BCUT2D eigenvalue weighted by Crippen LogP contribution is -2.23. The minimum atomic E-state index is -0.320. The van der Waals surface area contributed by atoms with Crippen molar-refractivity contribution in [3.8, 4) is 0 Å². The standard InChI is InChI=1S/C9H20O2.C8H18O2.C7H16O2.C6H13NO2.C6H15NO.C5H12O.C5H12.CO2.10CH4/c1-3-7-11-9-6-5-8-10-4-2;1-3-5-6-7-10-8-9-4-2;1-3-5-6-9-7-8-4-2;1-3-5-9-6(8)7-4-2;1-3-7-5-6-8-4-2;1-3-5-6-4-2;1-3-5-4-2;2-1-3;;;;;;;;;;/h3-9H2,1-2H3;3-8H2,1-2H3;3-7H2,1-2H3;3-5H2,1-2H3,(H,7,8);7H,3-6H2,1-2H3;3-5H2,1-2H3;3-5H2,1-2H3;;10*1H4. The van der Waals surface area contributed by atoms with Crippen molar-refractivity contribution in [1.82, 2.24) is 10.6 Å². The van der Waals surface area contributed by atoms with Crippen LogP contribution >= 0.6 is 0 Å². The van der Waals surface area contributed by atoms with Gasteiger partial charge in [-0.1, -0.05) is 168 Å². The first kappa shape index (κ1) is 123. The third-order valence-corrected chi connectivity index (χ3v) is 6.55. The molecule has 0 aliphatic rings. The number of amides is 1. The van der Waals surface area contributed by atoms with Crippen LogP contribution in [0.5, 0.6) is 0 Å². The van der Waals surface area contributed by atoms with Crippen molar-refractivity contribution in [2.24, 2.45) is 0 Å². The Hall–Kier alpha value is -1.71. The molecule has 0 spiro atoms. The van der Waals surface area contributed by atoms with E-state index in [1.165, 1.54) is 38.5 Å². The van der Waals surface area contributed by atoms with Gasteiger partial charge < -0.3 is 53.3 Å². The first-order valence-corrected chi connectivity index (χ1v) is 23.9. The van der Waals surface area contributed by atoms with Crippen molar-refractivity contribution >= 4 is 12.2 Å². The van der Waals surface area contributed by atoms with Crippen LogP contribution < -0.4 is 10.6 Å². The average Bonchev–Trinajstić information content (AvgIpc) is 3.27. The molecule has 1 amide bonds. The van der Waals surface area contributed by atoms with E-state index in [0.29, 0.717) is 26.7 Å². The summed E-state index contributed by atoms with van der Waals surface area (Å²) in [7, 11) is 0. The van der Waals surface area contributed by atoms with Gasteiger partial charge in [0.1, 0.15) is 13.6 Å². The topological polar surface area (TPSA) is 158 Å². The summed E-state index contributed by atoms with van der Waals surface area (Å²) in [6.45, 7) is 43.0. The fraction of sp³-hybridized carbons (Fsp3) is 0.965. The smallest absolute Gasteiger partial charge is 0.407 e. The molecule has 0 aromatic rings. The van der Waals surface area contributed by atoms with Gasteiger partial charge >= 0.3 is 12.2 Å². The van der Waals surface area contributed by atoms with Gasteiger partial charge in [-0.25, -0.2) is 4.79 Å². The molecule has 14 heteroatoms. The number of nitrogens with one attached hydrogen (secondary N) is 2. The Morgan fingerprint density at radius 3 is 0.986 bits per heavy atom. The highest BCUT2D eigenvalue weighted by Crippen LogP contribution is 1.94. The molecule has 2 N–H and O–H groups in total. The maximum Gasteiger partial charge on any atom is 0.407 e. The van der Waals surface area contributed by atoms with Crippen LogP contribution in [0.25, 0.3) is 0 Å². The summed E-state index contributed by atoms with van der Waals surface area (Å²) < 4.78 is 45.4. The van der Waals surface area contributed by atoms with Crippen molar-refractivity contribution < 1.29 is 57.0 Å². The zero-order chi connectivity index (χ0) is 48.0. The van der Waals surface area contributed by atoms with Gasteiger partial charge in [-0.3, -0.25) is 0 Å². The van der Waals surface area contributed by atoms with E-state index in [1.54, 1.807) is 0 Å². The number of unbranched alkanes of at least 4 members (excludes halogenated alkanes) is 6. The van der Waals surface area contributed by atoms with Gasteiger partial charge in [0.05, 0.1) is 13.2 Å². The second kappa shape index (κ2) is 158. The molecule has 456 valence electrons. The maximum absolute atomic E-state index is 10.5. The first-order chi connectivity index (χ1) is 29.7. The van der Waals surface area contributed by atoms with Gasteiger partial charge in [-0.2, -0.15) is 9.59 Å². The van der Waals surface area contributed by atoms with E-state index in [9.17, 15) is 4.79 Å². The number of alkyl carbamates (subject to hydrolysis) is 1. The van der Waals surface area contributed by atoms with Crippen molar-refractivity contribution in [2.45, 2.75) is 255 Å². The number of rotatable bonds is 34. The molecule has 0 heterocycles. The molecule has 0 fully saturated rings. The van der Waals surface area contributed by atoms with Crippen LogP contribution in [0.4, 0.5) is 4.79 Å². The lowest BCUT2D eigenvalue weighted by Gasteiger charge is -2.02. The zero-order valence-corrected chi connectivity index (χ0v) is 42.8. The molecular formula is C57H146N2O12. The molecule has 0 radical (unpaired) electrons. The van der Waals surface area contributed by atoms with E-state index in [4.69, 9.17) is 47.5 Å². The van der Waals surface area contributed by atoms with Gasteiger partial charge in [-0.05, 0) is 93.0 Å². The van der Waals surface area contributed by atoms with E-state index in [-0.39, 0.29) is 86.5 Å². The summed E-state index contributed by atoms with van der Waals surface area (Å²) in [5, 5.41) is 5.68. The van der Waals surface area contributed by atoms with Gasteiger partial charge in [0.15, 0.2) is 0 Å². The zero-order valence-electron chi connectivity index (χ0n) is 42.8. The highest BCUT2D eigenvalue weighted by atomic mass is 16.7. The van der Waals surface area contributed by atoms with Gasteiger partial charge in [-0.15, -0.1) is 0 Å². The predicted octanol–water partition coefficient (Wildman–Crippen LogP) is 17.4. The van der Waals surface area contributed by atoms with E-state index in [2.05, 4.69) is 63.8 Å². The molecular weight excluding hydrogens is 905 g/mol. The Balaban J connectivity index is -0.0000000282. The van der Waals surface area contributed by atoms with Crippen LogP contribution in [-0.4, -0.2) is 131 Å². The highest BCUT2D eigenvalue weighted by molar-refractivity contribution is 5.66. The monoisotopic (exact) mass is 1050 g/mol. The molecule has 14 nitrogen and oxygen atoms in total. The fourth-order valence-electron chi connectivity index (χ4n) is 3.40. The number of likely N-dealkylation sites (N-methyl/N-ethyl adjacent to an activating group) is 1. The Labute approximate surface area is 452 Å². The summed E-state index contributed by atoms with van der Waals surface area (Å²) in [5.41, 5.74) is 0. The predicted molar refractivity (Wildman–Crippen MR) is 321 cm³/mol. The summed E-state index contributed by atoms with van der Waals surface area (Å²) in [5.74, 6) is 0. The molecule has 71 heavy (non-hydrogen) atoms. The first-order valence-electron chi connectivity index (χ1n) is 23.9. The van der Waals surface area contributed by atoms with Crippen molar-refractivity contribution in [3.05, 3.63) is 0 Å². The van der Waals surface area contributed by atoms with Crippen molar-refractivity contribution in [3.63, 3.8) is 0 Å². The Morgan fingerprint density at radius 1 is 0.338 bits per heavy atom. The highest BCUT2D eigenvalue weighted by Gasteiger charge is 1.95. The average molecular weight is 1050 g/mol. The molecule has 0 aromatic heterocycles. The molecule has 0 unspecified atom stereocenters. The molecule has 0 rings (SSSR count). The molecule has 0 aliphatic carbocycles. The number of carbonyl (C=O) groups excluding carboxylic acids is 3. The van der Waals surface area contributed by atoms with E-state index < -0.39 is 0 Å². The van der Waals surface area contributed by atoms with Gasteiger partial charge in [0.2, 0.25) is 0 Å². The largest absolute Gasteiger partial charge is 0.450 e. The van der Waals surface area contributed by atoms with Crippen LogP contribution in [0.2, 0.25) is 0 Å². The Morgan fingerprint density at radius 2 is 0.662 bits per heavy atom. The van der Waals surface area contributed by atoms with Crippen LogP contribution in [-0.2, 0) is 52.2 Å². The normalized spacial score (nSPS) is 7.97. The molecule has 0 atom stereocenters. The van der Waals surface area contributed by atoms with Crippen molar-refractivity contribution in [2.75, 3.05) is 119 Å². The van der Waals surface area contributed by atoms with Crippen LogP contribution in [0.15, 0.2) is 0 Å². The van der Waals surface area contributed by atoms with E-state index in [0.717, 1.165) is 137 Å². The summed E-state index contributed by atoms with van der Waals surface area (Å²) in [6.07, 6.45) is 15.4. The number of hydrogen-bond donors (Lipinski definition) is 2. The Kier molecular flexibility index (Phi) is 273. The quantitative estimate of drug-likeness (QED) is 0.0464. The van der Waals surface area contributed by atoms with Crippen LogP contribution in [0.1, 0.15) is 255 Å². The van der Waals surface area contributed by atoms with Crippen LogP contribution in [0.3, 0.4) is 0 Å². The number of hydrogen-bond acceptors (Lipinski definition) is 13. The third-order valence-electron chi connectivity index (χ3n) is 6.55. The lowest BCUT2D eigenvalue weighted by atomic mass is 10.3. The SMILES string of the molecule is C.C.C.C.C.C.C.C.C.C.CCCCC.CCCCCOCOCC.CCCCOCOCC.CCCOC(=O)NCC.CCCOCC.CCCOCCCCOCC.CCNCCOCC.O=C=O. The van der Waals surface area contributed by atoms with Crippen molar-refractivity contribution in [1.29, 1.82) is 0 Å². The number of carbonyl (C=O) groups is 1. The minimum Gasteiger partial charge on any atom is -0.450 e. The third kappa shape index (κ3) is 228. The second-order valence-electron chi connectivity index (χ2n) is 12.5. The van der Waals surface area contributed by atoms with E-state index in [1.807, 2.05) is 48.5 Å². The summed E-state index contributed by atoms with van der Waals surface area (Å²) in [6, 6.07) is 0. The molecule has 0 aliphatic heterocycles. The summed E-state index contributed by atoms with van der Waals surface area (Å²) in [4.78, 5) is 26.7. The molecule has 0 aromatic carbocycles. The van der Waals surface area contributed by atoms with E-state index >= 15 is 0 Å². The number of ether oxygens (including phenoxy) is 9. The summed E-state index contributed by atoms with van der Waals surface area (Å²) >= 11 is 0. The second-order valence-corrected chi connectivity index (χ2v) is 12.5. The lowest BCUT2D eigenvalue weighted by molar-refractivity contribution is -0.191. The van der Waals surface area contributed by atoms with Gasteiger partial charge in [0, 0.05) is 85.8 Å². The maximum atomic E-state index is 10.5. The minimum absolute atomic E-state index is 0. The molecule has 0 bridgehead atoms. The molecule has 0 saturated carbocycles. The Bertz CT molecular complexity index is 633. The fourth-order valence-corrected chi connectivity index (χ4v) is 3.40.